The van der Waals surface area contributed by atoms with E-state index in [4.69, 9.17) is 0 Å². The van der Waals surface area contributed by atoms with Crippen LogP contribution in [0.1, 0.15) is 26.3 Å². The molecule has 5 nitrogen and oxygen atoms in total. The van der Waals surface area contributed by atoms with E-state index in [1.807, 2.05) is 33.8 Å². The standard InChI is InChI=1S/C16H20N2O3S/c1-10-5-6-16(22(19,20)21)15(7-10)18-17-14-9-12(3)11(2)8-13(14)4/h5-9,13-14H,1-4H3,(H,19,20,21). The lowest BCUT2D eigenvalue weighted by Gasteiger charge is -2.20. The van der Waals surface area contributed by atoms with Crippen molar-refractivity contribution in [3.8, 4) is 0 Å². The van der Waals surface area contributed by atoms with Crippen molar-refractivity contribution in [2.45, 2.75) is 38.6 Å². The van der Waals surface area contributed by atoms with Crippen LogP contribution in [0.15, 0.2) is 56.6 Å². The Morgan fingerprint density at radius 2 is 1.73 bits per heavy atom. The fourth-order valence-corrected chi connectivity index (χ4v) is 2.96. The molecule has 0 saturated carbocycles. The second-order valence-corrected chi connectivity index (χ2v) is 7.10. The van der Waals surface area contributed by atoms with Gasteiger partial charge in [0.25, 0.3) is 10.1 Å². The molecule has 0 aliphatic heterocycles. The fraction of sp³-hybridized carbons (Fsp3) is 0.375. The summed E-state index contributed by atoms with van der Waals surface area (Å²) in [5.41, 5.74) is 3.36. The Morgan fingerprint density at radius 1 is 1.09 bits per heavy atom. The first-order chi connectivity index (χ1) is 10.2. The van der Waals surface area contributed by atoms with Gasteiger partial charge in [-0.05, 0) is 38.5 Å². The average molecular weight is 320 g/mol. The van der Waals surface area contributed by atoms with E-state index in [2.05, 4.69) is 16.3 Å². The number of aryl methyl sites for hydroxylation is 1. The fourth-order valence-electron chi connectivity index (χ4n) is 2.35. The van der Waals surface area contributed by atoms with Gasteiger partial charge in [-0.1, -0.05) is 36.3 Å². The summed E-state index contributed by atoms with van der Waals surface area (Å²) in [6, 6.07) is 4.41. The Bertz CT molecular complexity index is 777. The van der Waals surface area contributed by atoms with Gasteiger partial charge in [-0.3, -0.25) is 4.55 Å². The maximum atomic E-state index is 11.4. The van der Waals surface area contributed by atoms with Crippen molar-refractivity contribution in [3.05, 3.63) is 47.1 Å². The van der Waals surface area contributed by atoms with E-state index in [1.54, 1.807) is 12.1 Å². The minimum Gasteiger partial charge on any atom is -0.282 e. The zero-order valence-corrected chi connectivity index (χ0v) is 13.9. The third-order valence-corrected chi connectivity index (χ3v) is 4.69. The van der Waals surface area contributed by atoms with Crippen LogP contribution in [0.2, 0.25) is 0 Å². The Labute approximate surface area is 131 Å². The first-order valence-corrected chi connectivity index (χ1v) is 8.48. The van der Waals surface area contributed by atoms with Crippen molar-refractivity contribution in [3.63, 3.8) is 0 Å². The minimum atomic E-state index is -4.32. The quantitative estimate of drug-likeness (QED) is 0.668. The van der Waals surface area contributed by atoms with Crippen LogP contribution >= 0.6 is 0 Å². The smallest absolute Gasteiger partial charge is 0.282 e. The Hall–Kier alpha value is -1.79. The molecule has 1 aromatic carbocycles. The van der Waals surface area contributed by atoms with Crippen LogP contribution in [-0.4, -0.2) is 19.0 Å². The van der Waals surface area contributed by atoms with Crippen LogP contribution in [0.3, 0.4) is 0 Å². The van der Waals surface area contributed by atoms with Crippen molar-refractivity contribution < 1.29 is 13.0 Å². The van der Waals surface area contributed by atoms with Crippen LogP contribution in [0.25, 0.3) is 0 Å². The molecule has 0 heterocycles. The molecule has 118 valence electrons. The summed E-state index contributed by atoms with van der Waals surface area (Å²) in [6.07, 6.45) is 4.14. The monoisotopic (exact) mass is 320 g/mol. The lowest BCUT2D eigenvalue weighted by atomic mass is 9.90. The van der Waals surface area contributed by atoms with Gasteiger partial charge < -0.3 is 0 Å². The van der Waals surface area contributed by atoms with Gasteiger partial charge in [0, 0.05) is 5.92 Å². The summed E-state index contributed by atoms with van der Waals surface area (Å²) in [5, 5.41) is 8.34. The van der Waals surface area contributed by atoms with Crippen molar-refractivity contribution in [1.29, 1.82) is 0 Å². The van der Waals surface area contributed by atoms with E-state index in [0.29, 0.717) is 0 Å². The Balaban J connectivity index is 2.37. The van der Waals surface area contributed by atoms with E-state index in [9.17, 15) is 13.0 Å². The first kappa shape index (κ1) is 16.6. The minimum absolute atomic E-state index is 0.140. The highest BCUT2D eigenvalue weighted by molar-refractivity contribution is 7.86. The largest absolute Gasteiger partial charge is 0.296 e. The van der Waals surface area contributed by atoms with E-state index >= 15 is 0 Å². The molecular formula is C16H20N2O3S. The van der Waals surface area contributed by atoms with Crippen LogP contribution in [0, 0.1) is 12.8 Å². The van der Waals surface area contributed by atoms with Gasteiger partial charge in [-0.25, -0.2) is 0 Å². The number of allylic oxidation sites excluding steroid dienone is 2. The lowest BCUT2D eigenvalue weighted by Crippen LogP contribution is -2.15. The molecule has 0 amide bonds. The van der Waals surface area contributed by atoms with Crippen molar-refractivity contribution in [2.75, 3.05) is 0 Å². The van der Waals surface area contributed by atoms with Crippen LogP contribution in [0.4, 0.5) is 5.69 Å². The molecule has 0 spiro atoms. The van der Waals surface area contributed by atoms with Gasteiger partial charge in [0.05, 0.1) is 6.04 Å². The van der Waals surface area contributed by atoms with E-state index in [0.717, 1.165) is 11.1 Å². The molecule has 1 aromatic rings. The van der Waals surface area contributed by atoms with Gasteiger partial charge in [0.15, 0.2) is 0 Å². The van der Waals surface area contributed by atoms with Gasteiger partial charge in [-0.15, -0.1) is 0 Å². The van der Waals surface area contributed by atoms with Crippen LogP contribution < -0.4 is 0 Å². The molecule has 2 rings (SSSR count). The van der Waals surface area contributed by atoms with Crippen molar-refractivity contribution in [2.24, 2.45) is 16.1 Å². The normalized spacial score (nSPS) is 22.6. The highest BCUT2D eigenvalue weighted by atomic mass is 32.2. The summed E-state index contributed by atoms with van der Waals surface area (Å²) < 4.78 is 32.1. The molecule has 2 atom stereocenters. The topological polar surface area (TPSA) is 79.1 Å². The predicted octanol–water partition coefficient (Wildman–Crippen LogP) is 4.24. The SMILES string of the molecule is CC1=CC(C)C(N=Nc2cc(C)ccc2S(=O)(=O)O)C=C1C. The van der Waals surface area contributed by atoms with E-state index < -0.39 is 10.1 Å². The van der Waals surface area contributed by atoms with Crippen LogP contribution in [0.5, 0.6) is 0 Å². The molecular weight excluding hydrogens is 300 g/mol. The Kier molecular flexibility index (Phi) is 4.63. The highest BCUT2D eigenvalue weighted by Gasteiger charge is 2.19. The Morgan fingerprint density at radius 3 is 2.36 bits per heavy atom. The third kappa shape index (κ3) is 3.69. The van der Waals surface area contributed by atoms with Crippen molar-refractivity contribution >= 4 is 15.8 Å². The number of nitrogens with zero attached hydrogens (tertiary/aromatic N) is 2. The average Bonchev–Trinajstić information content (AvgIpc) is 2.40. The molecule has 2 unspecified atom stereocenters. The summed E-state index contributed by atoms with van der Waals surface area (Å²) in [7, 11) is -4.32. The van der Waals surface area contributed by atoms with Gasteiger partial charge in [0.1, 0.15) is 10.6 Å². The molecule has 0 aromatic heterocycles. The van der Waals surface area contributed by atoms with Gasteiger partial charge in [0.2, 0.25) is 0 Å². The van der Waals surface area contributed by atoms with Gasteiger partial charge >= 0.3 is 0 Å². The van der Waals surface area contributed by atoms with E-state index in [1.165, 1.54) is 11.6 Å². The predicted molar refractivity (Wildman–Crippen MR) is 86.0 cm³/mol. The molecule has 0 saturated heterocycles. The number of hydrogen-bond acceptors (Lipinski definition) is 4. The summed E-state index contributed by atoms with van der Waals surface area (Å²) in [5.74, 6) is 0.187. The maximum absolute atomic E-state index is 11.4. The second kappa shape index (κ2) is 6.14. The second-order valence-electron chi connectivity index (χ2n) is 5.71. The first-order valence-electron chi connectivity index (χ1n) is 7.04. The number of hydrogen-bond donors (Lipinski definition) is 1. The molecule has 0 fully saturated rings. The van der Waals surface area contributed by atoms with Crippen molar-refractivity contribution in [1.82, 2.24) is 0 Å². The summed E-state index contributed by atoms with van der Waals surface area (Å²) in [6.45, 7) is 7.92. The number of rotatable bonds is 3. The van der Waals surface area contributed by atoms with Crippen LogP contribution in [-0.2, 0) is 10.1 Å². The molecule has 1 N–H and O–H groups in total. The molecule has 0 bridgehead atoms. The highest BCUT2D eigenvalue weighted by Crippen LogP contribution is 2.29. The maximum Gasteiger partial charge on any atom is 0.296 e. The molecule has 22 heavy (non-hydrogen) atoms. The molecule has 6 heteroatoms. The zero-order valence-electron chi connectivity index (χ0n) is 13.1. The summed E-state index contributed by atoms with van der Waals surface area (Å²) >= 11 is 0. The summed E-state index contributed by atoms with van der Waals surface area (Å²) in [4.78, 5) is -0.224. The number of benzene rings is 1. The molecule has 0 radical (unpaired) electrons. The zero-order chi connectivity index (χ0) is 16.5. The molecule has 1 aliphatic rings. The lowest BCUT2D eigenvalue weighted by molar-refractivity contribution is 0.483. The third-order valence-electron chi connectivity index (χ3n) is 3.79. The number of azo groups is 1. The van der Waals surface area contributed by atoms with E-state index in [-0.39, 0.29) is 22.5 Å². The van der Waals surface area contributed by atoms with Gasteiger partial charge in [-0.2, -0.15) is 18.6 Å². The molecule has 1 aliphatic carbocycles.